The van der Waals surface area contributed by atoms with Crippen LogP contribution in [-0.4, -0.2) is 4.98 Å². The van der Waals surface area contributed by atoms with Crippen molar-refractivity contribution < 1.29 is 4.39 Å². The first-order valence-electron chi connectivity index (χ1n) is 10.9. The number of benzene rings is 2. The fourth-order valence-electron chi connectivity index (χ4n) is 3.21. The minimum absolute atomic E-state index is 0. The van der Waals surface area contributed by atoms with E-state index in [1.807, 2.05) is 18.3 Å². The maximum Gasteiger partial charge on any atom is 0.123 e. The molecular weight excluding hydrogens is 393 g/mol. The number of pyridine rings is 1. The van der Waals surface area contributed by atoms with Gasteiger partial charge < -0.3 is 0 Å². The van der Waals surface area contributed by atoms with Crippen molar-refractivity contribution in [1.82, 2.24) is 4.98 Å². The van der Waals surface area contributed by atoms with Crippen LogP contribution < -0.4 is 0 Å². The summed E-state index contributed by atoms with van der Waals surface area (Å²) in [4.78, 5) is 4.20. The van der Waals surface area contributed by atoms with Gasteiger partial charge >= 0.3 is 0 Å². The second kappa shape index (κ2) is 16.2. The molecule has 0 fully saturated rings. The van der Waals surface area contributed by atoms with E-state index in [0.29, 0.717) is 17.8 Å². The van der Waals surface area contributed by atoms with Crippen molar-refractivity contribution in [1.29, 1.82) is 0 Å². The van der Waals surface area contributed by atoms with E-state index in [1.54, 1.807) is 12.1 Å². The molecule has 1 nitrogen and oxygen atoms in total. The van der Waals surface area contributed by atoms with E-state index in [-0.39, 0.29) is 20.7 Å². The molecule has 0 radical (unpaired) electrons. The summed E-state index contributed by atoms with van der Waals surface area (Å²) >= 11 is 0. The third-order valence-electron chi connectivity index (χ3n) is 5.00. The third-order valence-corrected chi connectivity index (χ3v) is 5.00. The highest BCUT2D eigenvalue weighted by Crippen LogP contribution is 2.17. The van der Waals surface area contributed by atoms with E-state index in [4.69, 9.17) is 0 Å². The number of hydrogen-bond donors (Lipinski definition) is 0. The Labute approximate surface area is 198 Å². The van der Waals surface area contributed by atoms with Crippen LogP contribution in [0.1, 0.15) is 102 Å². The largest absolute Gasteiger partial charge is 0.261 e. The normalized spacial score (nSPS) is 9.75. The monoisotopic (exact) mass is 439 g/mol. The Bertz CT molecular complexity index is 832. The van der Waals surface area contributed by atoms with Crippen molar-refractivity contribution in [3.8, 4) is 0 Å². The van der Waals surface area contributed by atoms with Gasteiger partial charge in [0.15, 0.2) is 0 Å². The molecule has 1 heterocycles. The summed E-state index contributed by atoms with van der Waals surface area (Å²) in [5, 5.41) is 0. The van der Waals surface area contributed by atoms with Crippen LogP contribution in [0, 0.1) is 19.7 Å². The summed E-state index contributed by atoms with van der Waals surface area (Å²) in [5.74, 6) is 1.51. The lowest BCUT2D eigenvalue weighted by atomic mass is 9.99. The first-order chi connectivity index (χ1) is 14.1. The minimum atomic E-state index is -0.147. The van der Waals surface area contributed by atoms with Crippen molar-refractivity contribution in [2.24, 2.45) is 0 Å². The van der Waals surface area contributed by atoms with Crippen molar-refractivity contribution >= 4 is 0 Å². The molecule has 0 amide bonds. The van der Waals surface area contributed by atoms with Gasteiger partial charge in [0.05, 0.1) is 0 Å². The quantitative estimate of drug-likeness (QED) is 0.395. The van der Waals surface area contributed by atoms with Gasteiger partial charge in [-0.15, -0.1) is 0 Å². The maximum atomic E-state index is 12.5. The molecule has 2 heteroatoms. The number of hydrogen-bond acceptors (Lipinski definition) is 1. The van der Waals surface area contributed by atoms with E-state index < -0.39 is 0 Å². The summed E-state index contributed by atoms with van der Waals surface area (Å²) in [5.41, 5.74) is 6.42. The number of aromatic nitrogens is 1. The molecule has 3 aromatic rings. The molecule has 0 aliphatic carbocycles. The minimum Gasteiger partial charge on any atom is -0.261 e. The Morgan fingerprint density at radius 2 is 1.22 bits per heavy atom. The van der Waals surface area contributed by atoms with Gasteiger partial charge in [0, 0.05) is 11.9 Å². The van der Waals surface area contributed by atoms with Gasteiger partial charge in [0.25, 0.3) is 0 Å². The molecule has 0 spiro atoms. The van der Waals surface area contributed by atoms with Gasteiger partial charge in [-0.05, 0) is 72.1 Å². The van der Waals surface area contributed by atoms with E-state index >= 15 is 0 Å². The van der Waals surface area contributed by atoms with Crippen molar-refractivity contribution in [2.75, 3.05) is 0 Å². The Morgan fingerprint density at radius 1 is 0.656 bits per heavy atom. The maximum absolute atomic E-state index is 12.5. The van der Waals surface area contributed by atoms with Crippen LogP contribution >= 0.6 is 0 Å². The second-order valence-corrected chi connectivity index (χ2v) is 8.55. The van der Waals surface area contributed by atoms with Crippen LogP contribution in [-0.2, 0) is 0 Å². The molecule has 0 saturated heterocycles. The molecule has 0 N–H and O–H groups in total. The Kier molecular flexibility index (Phi) is 16.0. The zero-order valence-electron chi connectivity index (χ0n) is 19.9. The average Bonchev–Trinajstić information content (AvgIpc) is 2.69. The fraction of sp³-hybridized carbons (Fsp3) is 0.433. The SMILES string of the molecule is C.C.CC(C)c1cccc(F)c1.Cc1ccccc1C(C)C.Cc1ncccc1C(C)C. The van der Waals surface area contributed by atoms with Gasteiger partial charge in [-0.25, -0.2) is 4.39 Å². The number of halogens is 1. The first kappa shape index (κ1) is 31.7. The van der Waals surface area contributed by atoms with Crippen molar-refractivity contribution in [3.05, 3.63) is 101 Å². The molecule has 0 atom stereocenters. The Morgan fingerprint density at radius 3 is 1.59 bits per heavy atom. The average molecular weight is 440 g/mol. The van der Waals surface area contributed by atoms with Crippen LogP contribution in [0.2, 0.25) is 0 Å². The molecule has 3 rings (SSSR count). The molecule has 0 aliphatic heterocycles. The van der Waals surface area contributed by atoms with Gasteiger partial charge in [-0.3, -0.25) is 4.98 Å². The Hall–Kier alpha value is -2.48. The molecular formula is C30H46FN. The van der Waals surface area contributed by atoms with E-state index in [9.17, 15) is 4.39 Å². The summed E-state index contributed by atoms with van der Waals surface area (Å²) in [7, 11) is 0. The van der Waals surface area contributed by atoms with Gasteiger partial charge in [0.2, 0.25) is 0 Å². The standard InChI is InChI=1S/C10H14.C9H11F.C9H13N.2CH4/c1-8(2)10-7-5-4-6-9(10)3;1-7(2)8-4-3-5-9(10)6-8;1-7(2)9-5-4-6-10-8(9)3;;/h4-8H,1-3H3;3-7H,1-2H3;4-7H,1-3H3;2*1H4. The molecule has 32 heavy (non-hydrogen) atoms. The zero-order valence-corrected chi connectivity index (χ0v) is 19.9. The number of nitrogens with zero attached hydrogens (tertiary/aromatic N) is 1. The van der Waals surface area contributed by atoms with Crippen LogP contribution in [0.5, 0.6) is 0 Å². The van der Waals surface area contributed by atoms with Gasteiger partial charge in [-0.2, -0.15) is 0 Å². The first-order valence-corrected chi connectivity index (χ1v) is 10.9. The van der Waals surface area contributed by atoms with E-state index in [0.717, 1.165) is 11.3 Å². The highest BCUT2D eigenvalue weighted by atomic mass is 19.1. The van der Waals surface area contributed by atoms with Crippen molar-refractivity contribution in [3.63, 3.8) is 0 Å². The van der Waals surface area contributed by atoms with Crippen molar-refractivity contribution in [2.45, 2.75) is 88.0 Å². The highest BCUT2D eigenvalue weighted by Gasteiger charge is 2.01. The lowest BCUT2D eigenvalue weighted by Gasteiger charge is -2.07. The summed E-state index contributed by atoms with van der Waals surface area (Å²) in [6.07, 6.45) is 1.83. The summed E-state index contributed by atoms with van der Waals surface area (Å²) < 4.78 is 12.5. The highest BCUT2D eigenvalue weighted by molar-refractivity contribution is 5.28. The Balaban J connectivity index is 0. The van der Waals surface area contributed by atoms with Gasteiger partial charge in [0.1, 0.15) is 5.82 Å². The lowest BCUT2D eigenvalue weighted by Crippen LogP contribution is -1.92. The summed E-state index contributed by atoms with van der Waals surface area (Å²) in [6, 6.07) is 19.4. The molecule has 0 bridgehead atoms. The van der Waals surface area contributed by atoms with Crippen LogP contribution in [0.25, 0.3) is 0 Å². The topological polar surface area (TPSA) is 12.9 Å². The molecule has 0 unspecified atom stereocenters. The predicted molar refractivity (Wildman–Crippen MR) is 142 cm³/mol. The molecule has 178 valence electrons. The second-order valence-electron chi connectivity index (χ2n) is 8.55. The number of aryl methyl sites for hydroxylation is 2. The smallest absolute Gasteiger partial charge is 0.123 e. The summed E-state index contributed by atoms with van der Waals surface area (Å²) in [6.45, 7) is 17.1. The molecule has 1 aromatic heterocycles. The number of rotatable bonds is 3. The van der Waals surface area contributed by atoms with Gasteiger partial charge in [-0.1, -0.05) is 98.9 Å². The fourth-order valence-corrected chi connectivity index (χ4v) is 3.21. The van der Waals surface area contributed by atoms with E-state index in [2.05, 4.69) is 90.7 Å². The van der Waals surface area contributed by atoms with E-state index in [1.165, 1.54) is 22.8 Å². The molecule has 2 aromatic carbocycles. The molecule has 0 saturated carbocycles. The zero-order chi connectivity index (χ0) is 22.7. The predicted octanol–water partition coefficient (Wildman–Crippen LogP) is 9.85. The lowest BCUT2D eigenvalue weighted by molar-refractivity contribution is 0.623. The van der Waals surface area contributed by atoms with Crippen LogP contribution in [0.4, 0.5) is 4.39 Å². The third kappa shape index (κ3) is 11.2. The molecule has 0 aliphatic rings. The van der Waals surface area contributed by atoms with Crippen LogP contribution in [0.15, 0.2) is 66.9 Å². The van der Waals surface area contributed by atoms with Crippen LogP contribution in [0.3, 0.4) is 0 Å².